The third-order valence-electron chi connectivity index (χ3n) is 5.57. The molecule has 8 heteroatoms. The zero-order valence-electron chi connectivity index (χ0n) is 16.9. The van der Waals surface area contributed by atoms with Crippen LogP contribution in [0.3, 0.4) is 0 Å². The minimum Gasteiger partial charge on any atom is -0.396 e. The van der Waals surface area contributed by atoms with Crippen LogP contribution in [0.2, 0.25) is 0 Å². The van der Waals surface area contributed by atoms with Gasteiger partial charge in [0.25, 0.3) is 5.56 Å². The van der Waals surface area contributed by atoms with Gasteiger partial charge in [-0.05, 0) is 24.3 Å². The summed E-state index contributed by atoms with van der Waals surface area (Å²) in [6.45, 7) is 4.65. The number of rotatable bonds is 6. The number of hydrogen-bond acceptors (Lipinski definition) is 5. The maximum absolute atomic E-state index is 13.1. The lowest BCUT2D eigenvalue weighted by molar-refractivity contribution is 0.277. The van der Waals surface area contributed by atoms with Gasteiger partial charge in [-0.3, -0.25) is 13.9 Å². The van der Waals surface area contributed by atoms with Crippen LogP contribution in [0.25, 0.3) is 11.2 Å². The number of imidazole rings is 1. The summed E-state index contributed by atoms with van der Waals surface area (Å²) in [4.78, 5) is 32.7. The first-order chi connectivity index (χ1) is 14.0. The molecule has 0 saturated carbocycles. The zero-order valence-corrected chi connectivity index (χ0v) is 16.9. The van der Waals surface area contributed by atoms with E-state index in [2.05, 4.69) is 24.0 Å². The summed E-state index contributed by atoms with van der Waals surface area (Å²) >= 11 is 0. The third kappa shape index (κ3) is 3.48. The first kappa shape index (κ1) is 19.4. The molecule has 1 atom stereocenters. The molecule has 154 valence electrons. The number of aryl methyl sites for hydroxylation is 1. The summed E-state index contributed by atoms with van der Waals surface area (Å²) in [5, 5.41) is 9.12. The van der Waals surface area contributed by atoms with Crippen LogP contribution < -0.4 is 16.1 Å². The molecule has 3 heterocycles. The van der Waals surface area contributed by atoms with Crippen LogP contribution in [0.1, 0.15) is 18.9 Å². The predicted octanol–water partition coefficient (Wildman–Crippen LogP) is 0.978. The van der Waals surface area contributed by atoms with Gasteiger partial charge in [-0.15, -0.1) is 0 Å². The average molecular weight is 397 g/mol. The summed E-state index contributed by atoms with van der Waals surface area (Å²) in [7, 11) is 1.65. The van der Waals surface area contributed by atoms with Crippen molar-refractivity contribution >= 4 is 17.1 Å². The predicted molar refractivity (Wildman–Crippen MR) is 112 cm³/mol. The first-order valence-corrected chi connectivity index (χ1v) is 10.1. The van der Waals surface area contributed by atoms with Crippen molar-refractivity contribution in [3.05, 3.63) is 56.7 Å². The summed E-state index contributed by atoms with van der Waals surface area (Å²) < 4.78 is 4.62. The van der Waals surface area contributed by atoms with Crippen LogP contribution in [0.15, 0.2) is 39.9 Å². The third-order valence-corrected chi connectivity index (χ3v) is 5.57. The normalized spacial score (nSPS) is 16.4. The fourth-order valence-corrected chi connectivity index (χ4v) is 4.13. The highest BCUT2D eigenvalue weighted by atomic mass is 16.3. The van der Waals surface area contributed by atoms with Gasteiger partial charge in [0.1, 0.15) is 0 Å². The van der Waals surface area contributed by atoms with Gasteiger partial charge < -0.3 is 14.6 Å². The van der Waals surface area contributed by atoms with Crippen LogP contribution in [-0.4, -0.2) is 43.5 Å². The second-order valence-corrected chi connectivity index (χ2v) is 7.86. The smallest absolute Gasteiger partial charge is 0.332 e. The second kappa shape index (κ2) is 7.87. The molecule has 1 aromatic carbocycles. The van der Waals surface area contributed by atoms with Crippen molar-refractivity contribution in [1.29, 1.82) is 0 Å². The van der Waals surface area contributed by atoms with E-state index >= 15 is 0 Å². The van der Waals surface area contributed by atoms with Gasteiger partial charge in [-0.25, -0.2) is 4.79 Å². The van der Waals surface area contributed by atoms with Gasteiger partial charge in [-0.2, -0.15) is 4.98 Å². The summed E-state index contributed by atoms with van der Waals surface area (Å²) in [5.41, 5.74) is 1.43. The zero-order chi connectivity index (χ0) is 20.5. The molecule has 0 saturated heterocycles. The lowest BCUT2D eigenvalue weighted by Gasteiger charge is -2.33. The number of anilines is 1. The number of hydrogen-bond donors (Lipinski definition) is 1. The molecule has 0 unspecified atom stereocenters. The Morgan fingerprint density at radius 1 is 1.14 bits per heavy atom. The van der Waals surface area contributed by atoms with Crippen molar-refractivity contribution in [2.45, 2.75) is 32.9 Å². The van der Waals surface area contributed by atoms with E-state index in [0.29, 0.717) is 30.0 Å². The van der Waals surface area contributed by atoms with Gasteiger partial charge in [0.2, 0.25) is 5.95 Å². The molecule has 1 N–H and O–H groups in total. The summed E-state index contributed by atoms with van der Waals surface area (Å²) in [5.74, 6) is 1.11. The quantitative estimate of drug-likeness (QED) is 0.670. The molecule has 0 aliphatic carbocycles. The summed E-state index contributed by atoms with van der Waals surface area (Å²) in [6.07, 6.45) is 1.25. The lowest BCUT2D eigenvalue weighted by Crippen LogP contribution is -2.41. The number of aliphatic hydroxyl groups is 1. The largest absolute Gasteiger partial charge is 0.396 e. The molecule has 0 fully saturated rings. The molecule has 0 spiro atoms. The van der Waals surface area contributed by atoms with E-state index in [-0.39, 0.29) is 18.7 Å². The van der Waals surface area contributed by atoms with Crippen LogP contribution in [0.5, 0.6) is 0 Å². The molecule has 0 bridgehead atoms. The van der Waals surface area contributed by atoms with Crippen molar-refractivity contribution in [3.63, 3.8) is 0 Å². The Morgan fingerprint density at radius 3 is 2.62 bits per heavy atom. The van der Waals surface area contributed by atoms with E-state index in [1.165, 1.54) is 14.7 Å². The molecule has 2 aromatic heterocycles. The van der Waals surface area contributed by atoms with E-state index in [1.54, 1.807) is 7.05 Å². The van der Waals surface area contributed by atoms with Crippen molar-refractivity contribution in [2.75, 3.05) is 24.6 Å². The molecule has 0 amide bonds. The molecule has 0 radical (unpaired) electrons. The Labute approximate surface area is 168 Å². The highest BCUT2D eigenvalue weighted by molar-refractivity contribution is 5.75. The molecular formula is C21H27N5O3. The molecule has 4 rings (SSSR count). The number of benzene rings is 1. The highest BCUT2D eigenvalue weighted by Gasteiger charge is 2.28. The Hall–Kier alpha value is -2.87. The first-order valence-electron chi connectivity index (χ1n) is 10.1. The highest BCUT2D eigenvalue weighted by Crippen LogP contribution is 2.26. The van der Waals surface area contributed by atoms with Crippen LogP contribution in [0, 0.1) is 5.92 Å². The monoisotopic (exact) mass is 397 g/mol. The van der Waals surface area contributed by atoms with Gasteiger partial charge >= 0.3 is 5.69 Å². The van der Waals surface area contributed by atoms with E-state index < -0.39 is 5.69 Å². The molecule has 3 aromatic rings. The SMILES string of the molecule is C[C@H]1CN(CCc2ccccc2)c2nc3c(c(=O)n(CCCO)c(=O)n3C)n2C1. The van der Waals surface area contributed by atoms with Crippen LogP contribution in [0.4, 0.5) is 5.95 Å². The Bertz CT molecular complexity index is 1130. The fourth-order valence-electron chi connectivity index (χ4n) is 4.13. The maximum Gasteiger partial charge on any atom is 0.332 e. The summed E-state index contributed by atoms with van der Waals surface area (Å²) in [6, 6.07) is 10.3. The Morgan fingerprint density at radius 2 is 1.90 bits per heavy atom. The van der Waals surface area contributed by atoms with E-state index in [4.69, 9.17) is 10.1 Å². The molecule has 1 aliphatic rings. The van der Waals surface area contributed by atoms with Crippen molar-refractivity contribution in [3.8, 4) is 0 Å². The van der Waals surface area contributed by atoms with Crippen LogP contribution in [-0.2, 0) is 26.6 Å². The van der Waals surface area contributed by atoms with Crippen molar-refractivity contribution in [1.82, 2.24) is 18.7 Å². The number of aliphatic hydroxyl groups excluding tert-OH is 1. The lowest BCUT2D eigenvalue weighted by atomic mass is 10.1. The standard InChI is InChI=1S/C21H27N5O3/c1-15-13-24(11-9-16-7-4-3-5-8-16)20-22-18-17(26(20)14-15)19(28)25(10-6-12-27)21(29)23(18)2/h3-5,7-8,15,27H,6,9-14H2,1-2H3/t15-/m0/s1. The molecule has 29 heavy (non-hydrogen) atoms. The average Bonchev–Trinajstić information content (AvgIpc) is 3.11. The van der Waals surface area contributed by atoms with Gasteiger partial charge in [0.15, 0.2) is 11.2 Å². The minimum atomic E-state index is -0.393. The molecule has 1 aliphatic heterocycles. The maximum atomic E-state index is 13.1. The van der Waals surface area contributed by atoms with Gasteiger partial charge in [0, 0.05) is 39.8 Å². The number of aromatic nitrogens is 4. The number of nitrogens with zero attached hydrogens (tertiary/aromatic N) is 5. The van der Waals surface area contributed by atoms with E-state index in [1.807, 2.05) is 22.8 Å². The Kier molecular flexibility index (Phi) is 5.27. The van der Waals surface area contributed by atoms with Crippen molar-refractivity contribution < 1.29 is 5.11 Å². The van der Waals surface area contributed by atoms with Crippen LogP contribution >= 0.6 is 0 Å². The molecule has 8 nitrogen and oxygen atoms in total. The van der Waals surface area contributed by atoms with Gasteiger partial charge in [0.05, 0.1) is 0 Å². The molecular weight excluding hydrogens is 370 g/mol. The van der Waals surface area contributed by atoms with Gasteiger partial charge in [-0.1, -0.05) is 37.3 Å². The minimum absolute atomic E-state index is 0.0670. The van der Waals surface area contributed by atoms with E-state index in [0.717, 1.165) is 25.5 Å². The topological polar surface area (TPSA) is 85.3 Å². The van der Waals surface area contributed by atoms with Crippen molar-refractivity contribution in [2.24, 2.45) is 13.0 Å². The Balaban J connectivity index is 1.78. The number of fused-ring (bicyclic) bond motifs is 3. The second-order valence-electron chi connectivity index (χ2n) is 7.86. The fraction of sp³-hybridized carbons (Fsp3) is 0.476. The van der Waals surface area contributed by atoms with E-state index in [9.17, 15) is 9.59 Å².